The van der Waals surface area contributed by atoms with Gasteiger partial charge >= 0.3 is 6.18 Å². The van der Waals surface area contributed by atoms with Crippen LogP contribution in [0, 0.1) is 11.3 Å². The molecule has 1 aliphatic heterocycles. The lowest BCUT2D eigenvalue weighted by Gasteiger charge is -2.13. The molecule has 0 aromatic heterocycles. The predicted octanol–water partition coefficient (Wildman–Crippen LogP) is 2.18. The van der Waals surface area contributed by atoms with E-state index in [-0.39, 0.29) is 17.2 Å². The standard InChI is InChI=1S/C12H10F3N3OS/c13-12(14,15)8-1-2-9(7(3-8)4-16)18-11(19)10-5-20-6-17-10/h1-3,10,17H,5-6H2,(H,18,19). The summed E-state index contributed by atoms with van der Waals surface area (Å²) in [5.74, 6) is 0.885. The molecule has 0 bridgehead atoms. The lowest BCUT2D eigenvalue weighted by molar-refractivity contribution is -0.137. The van der Waals surface area contributed by atoms with E-state index in [0.717, 1.165) is 18.2 Å². The van der Waals surface area contributed by atoms with Crippen LogP contribution in [0.4, 0.5) is 18.9 Å². The van der Waals surface area contributed by atoms with E-state index in [2.05, 4.69) is 10.6 Å². The summed E-state index contributed by atoms with van der Waals surface area (Å²) in [6.07, 6.45) is -4.52. The average molecular weight is 301 g/mol. The minimum absolute atomic E-state index is 0.0872. The number of rotatable bonds is 2. The van der Waals surface area contributed by atoms with Gasteiger partial charge in [-0.3, -0.25) is 10.1 Å². The van der Waals surface area contributed by atoms with E-state index in [1.165, 1.54) is 0 Å². The fourth-order valence-corrected chi connectivity index (χ4v) is 2.65. The highest BCUT2D eigenvalue weighted by molar-refractivity contribution is 7.99. The van der Waals surface area contributed by atoms with Crippen molar-refractivity contribution in [1.29, 1.82) is 5.26 Å². The number of thioether (sulfide) groups is 1. The van der Waals surface area contributed by atoms with Gasteiger partial charge in [0.05, 0.1) is 22.9 Å². The molecule has 1 saturated heterocycles. The molecule has 0 radical (unpaired) electrons. The normalized spacial score (nSPS) is 18.6. The van der Waals surface area contributed by atoms with Gasteiger partial charge in [0.25, 0.3) is 0 Å². The Morgan fingerprint density at radius 1 is 1.50 bits per heavy atom. The zero-order valence-electron chi connectivity index (χ0n) is 10.1. The second-order valence-corrected chi connectivity index (χ2v) is 5.16. The van der Waals surface area contributed by atoms with Crippen LogP contribution in [0.1, 0.15) is 11.1 Å². The number of carbonyl (C=O) groups is 1. The molecule has 1 unspecified atom stereocenters. The largest absolute Gasteiger partial charge is 0.416 e. The molecule has 1 atom stereocenters. The number of hydrogen-bond acceptors (Lipinski definition) is 4. The first kappa shape index (κ1) is 14.7. The van der Waals surface area contributed by atoms with Crippen molar-refractivity contribution in [2.45, 2.75) is 12.2 Å². The number of nitrogens with one attached hydrogen (secondary N) is 2. The van der Waals surface area contributed by atoms with Crippen LogP contribution in [0.25, 0.3) is 0 Å². The summed E-state index contributed by atoms with van der Waals surface area (Å²) in [6, 6.07) is 3.94. The molecule has 8 heteroatoms. The van der Waals surface area contributed by atoms with Crippen molar-refractivity contribution in [3.05, 3.63) is 29.3 Å². The SMILES string of the molecule is N#Cc1cc(C(F)(F)F)ccc1NC(=O)C1CSCN1. The number of hydrogen-bond donors (Lipinski definition) is 2. The predicted molar refractivity (Wildman–Crippen MR) is 69.0 cm³/mol. The molecule has 0 aliphatic carbocycles. The van der Waals surface area contributed by atoms with E-state index in [4.69, 9.17) is 5.26 Å². The van der Waals surface area contributed by atoms with Gasteiger partial charge in [0.1, 0.15) is 6.07 Å². The van der Waals surface area contributed by atoms with Gasteiger partial charge in [0, 0.05) is 11.6 Å². The minimum Gasteiger partial charge on any atom is -0.324 e. The molecule has 1 aromatic carbocycles. The van der Waals surface area contributed by atoms with E-state index >= 15 is 0 Å². The summed E-state index contributed by atoms with van der Waals surface area (Å²) in [6.45, 7) is 0. The Hall–Kier alpha value is -1.72. The number of carbonyl (C=O) groups excluding carboxylic acids is 1. The molecule has 2 rings (SSSR count). The maximum absolute atomic E-state index is 12.5. The van der Waals surface area contributed by atoms with E-state index in [0.29, 0.717) is 11.6 Å². The van der Waals surface area contributed by atoms with E-state index in [1.807, 2.05) is 0 Å². The lowest BCUT2D eigenvalue weighted by atomic mass is 10.1. The quantitative estimate of drug-likeness (QED) is 0.879. The molecule has 0 saturated carbocycles. The van der Waals surface area contributed by atoms with Gasteiger partial charge in [0.2, 0.25) is 5.91 Å². The van der Waals surface area contributed by atoms with Crippen LogP contribution in [-0.2, 0) is 11.0 Å². The summed E-state index contributed by atoms with van der Waals surface area (Å²) in [7, 11) is 0. The van der Waals surface area contributed by atoms with Crippen LogP contribution in [-0.4, -0.2) is 23.6 Å². The molecular formula is C12H10F3N3OS. The highest BCUT2D eigenvalue weighted by atomic mass is 32.2. The first-order valence-corrected chi connectivity index (χ1v) is 6.80. The molecule has 4 nitrogen and oxygen atoms in total. The van der Waals surface area contributed by atoms with Crippen LogP contribution in [0.2, 0.25) is 0 Å². The second kappa shape index (κ2) is 5.73. The number of nitriles is 1. The maximum Gasteiger partial charge on any atom is 0.416 e. The van der Waals surface area contributed by atoms with Crippen LogP contribution in [0.5, 0.6) is 0 Å². The Kier molecular flexibility index (Phi) is 4.20. The van der Waals surface area contributed by atoms with Crippen molar-refractivity contribution < 1.29 is 18.0 Å². The van der Waals surface area contributed by atoms with Crippen molar-refractivity contribution in [2.24, 2.45) is 0 Å². The number of alkyl halides is 3. The number of benzene rings is 1. The second-order valence-electron chi connectivity index (χ2n) is 4.13. The van der Waals surface area contributed by atoms with Crippen molar-refractivity contribution in [2.75, 3.05) is 16.9 Å². The third-order valence-corrected chi connectivity index (χ3v) is 3.70. The number of amides is 1. The van der Waals surface area contributed by atoms with Crippen molar-refractivity contribution in [3.8, 4) is 6.07 Å². The van der Waals surface area contributed by atoms with Gasteiger partial charge in [-0.2, -0.15) is 18.4 Å². The van der Waals surface area contributed by atoms with Crippen LogP contribution >= 0.6 is 11.8 Å². The number of halogens is 3. The molecule has 1 aliphatic rings. The lowest BCUT2D eigenvalue weighted by Crippen LogP contribution is -2.37. The minimum atomic E-state index is -4.52. The summed E-state index contributed by atoms with van der Waals surface area (Å²) in [4.78, 5) is 11.8. The molecule has 1 aromatic rings. The van der Waals surface area contributed by atoms with Gasteiger partial charge in [-0.25, -0.2) is 0 Å². The zero-order chi connectivity index (χ0) is 14.8. The fraction of sp³-hybridized carbons (Fsp3) is 0.333. The monoisotopic (exact) mass is 301 g/mol. The van der Waals surface area contributed by atoms with Crippen LogP contribution in [0.3, 0.4) is 0 Å². The van der Waals surface area contributed by atoms with Gasteiger partial charge in [-0.15, -0.1) is 11.8 Å². The maximum atomic E-state index is 12.5. The van der Waals surface area contributed by atoms with Crippen LogP contribution in [0.15, 0.2) is 18.2 Å². The number of nitrogens with zero attached hydrogens (tertiary/aromatic N) is 1. The molecule has 106 valence electrons. The van der Waals surface area contributed by atoms with Gasteiger partial charge in [0.15, 0.2) is 0 Å². The molecule has 2 N–H and O–H groups in total. The topological polar surface area (TPSA) is 64.9 Å². The Labute approximate surface area is 117 Å². The van der Waals surface area contributed by atoms with Crippen molar-refractivity contribution in [3.63, 3.8) is 0 Å². The Bertz CT molecular complexity index is 562. The molecule has 20 heavy (non-hydrogen) atoms. The third kappa shape index (κ3) is 3.23. The summed E-state index contributed by atoms with van der Waals surface area (Å²) >= 11 is 1.55. The van der Waals surface area contributed by atoms with Gasteiger partial charge < -0.3 is 5.32 Å². The Morgan fingerprint density at radius 3 is 2.80 bits per heavy atom. The van der Waals surface area contributed by atoms with E-state index < -0.39 is 17.8 Å². The van der Waals surface area contributed by atoms with Gasteiger partial charge in [-0.1, -0.05) is 0 Å². The average Bonchev–Trinajstić information content (AvgIpc) is 2.91. The van der Waals surface area contributed by atoms with Crippen LogP contribution < -0.4 is 10.6 Å². The zero-order valence-corrected chi connectivity index (χ0v) is 10.9. The summed E-state index contributed by atoms with van der Waals surface area (Å²) < 4.78 is 37.6. The van der Waals surface area contributed by atoms with Crippen molar-refractivity contribution >= 4 is 23.4 Å². The first-order chi connectivity index (χ1) is 9.41. The highest BCUT2D eigenvalue weighted by Gasteiger charge is 2.31. The Morgan fingerprint density at radius 2 is 2.25 bits per heavy atom. The molecule has 1 heterocycles. The summed E-state index contributed by atoms with van der Waals surface area (Å²) in [5, 5.41) is 14.3. The fourth-order valence-electron chi connectivity index (χ4n) is 1.71. The molecule has 0 spiro atoms. The molecule has 1 amide bonds. The van der Waals surface area contributed by atoms with E-state index in [9.17, 15) is 18.0 Å². The summed E-state index contributed by atoms with van der Waals surface area (Å²) in [5.41, 5.74) is -1.04. The number of anilines is 1. The first-order valence-electron chi connectivity index (χ1n) is 5.65. The molecule has 1 fully saturated rings. The van der Waals surface area contributed by atoms with E-state index in [1.54, 1.807) is 17.8 Å². The third-order valence-electron chi connectivity index (χ3n) is 2.76. The smallest absolute Gasteiger partial charge is 0.324 e. The molecular weight excluding hydrogens is 291 g/mol. The van der Waals surface area contributed by atoms with Gasteiger partial charge in [-0.05, 0) is 18.2 Å². The Balaban J connectivity index is 2.20. The highest BCUT2D eigenvalue weighted by Crippen LogP contribution is 2.31. The van der Waals surface area contributed by atoms with Crippen molar-refractivity contribution in [1.82, 2.24) is 5.32 Å².